The van der Waals surface area contributed by atoms with Crippen LogP contribution >= 0.6 is 11.3 Å². The maximum atomic E-state index is 12.1. The zero-order valence-electron chi connectivity index (χ0n) is 14.7. The van der Waals surface area contributed by atoms with Gasteiger partial charge in [-0.2, -0.15) is 0 Å². The third-order valence-corrected chi connectivity index (χ3v) is 5.12. The van der Waals surface area contributed by atoms with Crippen LogP contribution in [0.25, 0.3) is 0 Å². The molecule has 0 bridgehead atoms. The van der Waals surface area contributed by atoms with E-state index < -0.39 is 12.0 Å². The number of rotatable bonds is 4. The van der Waals surface area contributed by atoms with Crippen molar-refractivity contribution in [2.45, 2.75) is 32.2 Å². The van der Waals surface area contributed by atoms with Crippen molar-refractivity contribution in [3.05, 3.63) is 29.8 Å². The van der Waals surface area contributed by atoms with E-state index in [4.69, 9.17) is 0 Å². The number of aromatic nitrogens is 2. The lowest BCUT2D eigenvalue weighted by molar-refractivity contribution is 0.0601. The van der Waals surface area contributed by atoms with Gasteiger partial charge in [-0.15, -0.1) is 10.2 Å². The Morgan fingerprint density at radius 2 is 1.96 bits per heavy atom. The third kappa shape index (κ3) is 4.29. The molecule has 0 saturated carbocycles. The van der Waals surface area contributed by atoms with Crippen LogP contribution in [0.4, 0.5) is 20.7 Å². The first-order chi connectivity index (χ1) is 12.6. The molecule has 0 aliphatic carbocycles. The summed E-state index contributed by atoms with van der Waals surface area (Å²) in [4.78, 5) is 25.8. The Balaban J connectivity index is 1.57. The average Bonchev–Trinajstić information content (AvgIpc) is 3.10. The lowest BCUT2D eigenvalue weighted by Crippen LogP contribution is -2.37. The van der Waals surface area contributed by atoms with Crippen molar-refractivity contribution in [2.24, 2.45) is 0 Å². The molecule has 26 heavy (non-hydrogen) atoms. The first kappa shape index (κ1) is 18.1. The fourth-order valence-corrected chi connectivity index (χ4v) is 3.70. The quantitative estimate of drug-likeness (QED) is 0.796. The number of hydrogen-bond acceptors (Lipinski definition) is 7. The molecule has 9 heteroatoms. The van der Waals surface area contributed by atoms with Crippen LogP contribution in [0.1, 0.15) is 36.5 Å². The van der Waals surface area contributed by atoms with Gasteiger partial charge < -0.3 is 15.0 Å². The number of esters is 1. The molecule has 1 atom stereocenters. The van der Waals surface area contributed by atoms with Crippen LogP contribution in [0.3, 0.4) is 0 Å². The van der Waals surface area contributed by atoms with Gasteiger partial charge in [0.05, 0.1) is 12.7 Å². The zero-order valence-corrected chi connectivity index (χ0v) is 15.5. The van der Waals surface area contributed by atoms with Gasteiger partial charge in [0.25, 0.3) is 0 Å². The summed E-state index contributed by atoms with van der Waals surface area (Å²) in [6.45, 7) is 3.15. The highest BCUT2D eigenvalue weighted by Crippen LogP contribution is 2.29. The van der Waals surface area contributed by atoms with Crippen LogP contribution in [0, 0.1) is 0 Å². The summed E-state index contributed by atoms with van der Waals surface area (Å²) in [7, 11) is 1.32. The molecular weight excluding hydrogens is 354 g/mol. The number of ether oxygens (including phenoxy) is 1. The first-order valence-electron chi connectivity index (χ1n) is 8.43. The summed E-state index contributed by atoms with van der Waals surface area (Å²) in [5.74, 6) is -0.422. The van der Waals surface area contributed by atoms with E-state index in [-0.39, 0.29) is 0 Å². The summed E-state index contributed by atoms with van der Waals surface area (Å²) in [6.07, 6.45) is 3.53. The van der Waals surface area contributed by atoms with E-state index in [1.54, 1.807) is 24.3 Å². The number of benzene rings is 1. The number of urea groups is 1. The number of methoxy groups -OCH3 is 1. The summed E-state index contributed by atoms with van der Waals surface area (Å²) in [5.41, 5.74) is 0.979. The number of nitrogens with one attached hydrogen (secondary N) is 2. The fraction of sp³-hybridized carbons (Fsp3) is 0.412. The van der Waals surface area contributed by atoms with Crippen molar-refractivity contribution in [3.8, 4) is 0 Å². The molecule has 0 radical (unpaired) electrons. The second-order valence-electron chi connectivity index (χ2n) is 6.08. The lowest BCUT2D eigenvalue weighted by Gasteiger charge is -2.32. The summed E-state index contributed by atoms with van der Waals surface area (Å²) >= 11 is 1.36. The van der Waals surface area contributed by atoms with Gasteiger partial charge in [0.1, 0.15) is 0 Å². The molecule has 8 nitrogen and oxygen atoms in total. The number of carbonyl (C=O) groups is 2. The second-order valence-corrected chi connectivity index (χ2v) is 7.03. The molecule has 1 aliphatic rings. The van der Waals surface area contributed by atoms with Crippen molar-refractivity contribution in [2.75, 3.05) is 29.2 Å². The number of carbonyl (C=O) groups excluding carboxylic acids is 2. The molecule has 0 unspecified atom stereocenters. The molecule has 2 heterocycles. The summed E-state index contributed by atoms with van der Waals surface area (Å²) in [6, 6.07) is 6.46. The van der Waals surface area contributed by atoms with Gasteiger partial charge in [0, 0.05) is 18.3 Å². The molecule has 3 rings (SSSR count). The number of piperidine rings is 1. The van der Waals surface area contributed by atoms with Crippen molar-refractivity contribution >= 4 is 39.3 Å². The van der Waals surface area contributed by atoms with E-state index in [0.717, 1.165) is 24.5 Å². The Morgan fingerprint density at radius 3 is 2.65 bits per heavy atom. The zero-order chi connectivity index (χ0) is 18.5. The second kappa shape index (κ2) is 8.13. The molecule has 1 aliphatic heterocycles. The average molecular weight is 375 g/mol. The third-order valence-electron chi connectivity index (χ3n) is 4.25. The van der Waals surface area contributed by atoms with Gasteiger partial charge in [0.2, 0.25) is 10.3 Å². The van der Waals surface area contributed by atoms with Gasteiger partial charge in [-0.25, -0.2) is 9.59 Å². The van der Waals surface area contributed by atoms with Crippen molar-refractivity contribution in [3.63, 3.8) is 0 Å². The molecule has 1 saturated heterocycles. The lowest BCUT2D eigenvalue weighted by atomic mass is 10.1. The minimum atomic E-state index is -0.422. The smallest absolute Gasteiger partial charge is 0.337 e. The van der Waals surface area contributed by atoms with Crippen LogP contribution in [-0.2, 0) is 4.74 Å². The molecule has 1 aromatic heterocycles. The topological polar surface area (TPSA) is 96.4 Å². The van der Waals surface area contributed by atoms with Crippen LogP contribution in [0.5, 0.6) is 0 Å². The maximum absolute atomic E-state index is 12.1. The van der Waals surface area contributed by atoms with E-state index in [2.05, 4.69) is 37.4 Å². The minimum absolute atomic E-state index is 0.412. The molecule has 2 N–H and O–H groups in total. The minimum Gasteiger partial charge on any atom is -0.465 e. The predicted molar refractivity (Wildman–Crippen MR) is 101 cm³/mol. The van der Waals surface area contributed by atoms with E-state index in [1.807, 2.05) is 0 Å². The largest absolute Gasteiger partial charge is 0.465 e. The maximum Gasteiger partial charge on any atom is 0.337 e. The van der Waals surface area contributed by atoms with Gasteiger partial charge in [-0.05, 0) is 50.5 Å². The van der Waals surface area contributed by atoms with E-state index in [1.165, 1.54) is 24.9 Å². The van der Waals surface area contributed by atoms with Crippen LogP contribution in [-0.4, -0.2) is 41.9 Å². The monoisotopic (exact) mass is 375 g/mol. The first-order valence-corrected chi connectivity index (χ1v) is 9.25. The standard InChI is InChI=1S/C17H21N5O3S/c1-11-5-3-4-10-22(11)17-21-20-16(26-17)19-15(24)18-13-8-6-12(7-9-13)14(23)25-2/h6-9,11H,3-5,10H2,1-2H3,(H2,18,19,20,24)/t11-/m0/s1. The molecule has 2 aromatic rings. The highest BCUT2D eigenvalue weighted by atomic mass is 32.1. The van der Waals surface area contributed by atoms with Gasteiger partial charge in [0.15, 0.2) is 0 Å². The normalized spacial score (nSPS) is 16.8. The molecule has 1 aromatic carbocycles. The molecule has 2 amide bonds. The highest BCUT2D eigenvalue weighted by molar-refractivity contribution is 7.19. The molecule has 0 spiro atoms. The predicted octanol–water partition coefficient (Wildman–Crippen LogP) is 3.35. The van der Waals surface area contributed by atoms with Crippen molar-refractivity contribution in [1.82, 2.24) is 10.2 Å². The van der Waals surface area contributed by atoms with Crippen LogP contribution in [0.15, 0.2) is 24.3 Å². The highest BCUT2D eigenvalue weighted by Gasteiger charge is 2.22. The molecular formula is C17H21N5O3S. The number of anilines is 3. The van der Waals surface area contributed by atoms with Crippen LogP contribution < -0.4 is 15.5 Å². The molecule has 138 valence electrons. The SMILES string of the molecule is COC(=O)c1ccc(NC(=O)Nc2nnc(N3CCCC[C@@H]3C)s2)cc1. The fourth-order valence-electron chi connectivity index (χ4n) is 2.83. The van der Waals surface area contributed by atoms with E-state index in [9.17, 15) is 9.59 Å². The van der Waals surface area contributed by atoms with Gasteiger partial charge in [-0.1, -0.05) is 11.3 Å². The Bertz CT molecular complexity index is 777. The van der Waals surface area contributed by atoms with Gasteiger partial charge in [-0.3, -0.25) is 5.32 Å². The Kier molecular flexibility index (Phi) is 5.67. The Morgan fingerprint density at radius 1 is 1.19 bits per heavy atom. The Hall–Kier alpha value is -2.68. The number of hydrogen-bond donors (Lipinski definition) is 2. The van der Waals surface area contributed by atoms with Gasteiger partial charge >= 0.3 is 12.0 Å². The molecule has 1 fully saturated rings. The summed E-state index contributed by atoms with van der Waals surface area (Å²) in [5, 5.41) is 14.9. The van der Waals surface area contributed by atoms with Crippen molar-refractivity contribution < 1.29 is 14.3 Å². The number of nitrogens with zero attached hydrogens (tertiary/aromatic N) is 3. The Labute approximate surface area is 155 Å². The van der Waals surface area contributed by atoms with E-state index in [0.29, 0.717) is 22.4 Å². The summed E-state index contributed by atoms with van der Waals surface area (Å²) < 4.78 is 4.64. The number of amides is 2. The van der Waals surface area contributed by atoms with Crippen LogP contribution in [0.2, 0.25) is 0 Å². The van der Waals surface area contributed by atoms with Crippen molar-refractivity contribution in [1.29, 1.82) is 0 Å². The van der Waals surface area contributed by atoms with E-state index >= 15 is 0 Å².